The molecule has 1 atom stereocenters. The molecule has 0 fully saturated rings. The van der Waals surface area contributed by atoms with Gasteiger partial charge in [-0.1, -0.05) is 6.07 Å². The number of halogens is 2. The first kappa shape index (κ1) is 23.4. The number of ether oxygens (including phenoxy) is 2. The summed E-state index contributed by atoms with van der Waals surface area (Å²) in [4.78, 5) is 24.4. The molecule has 0 aliphatic carbocycles. The largest absolute Gasteiger partial charge is 0.495 e. The molecule has 28 heavy (non-hydrogen) atoms. The Kier molecular flexibility index (Phi) is 9.37. The van der Waals surface area contributed by atoms with Gasteiger partial charge in [-0.2, -0.15) is 0 Å². The van der Waals surface area contributed by atoms with E-state index in [1.54, 1.807) is 18.2 Å². The van der Waals surface area contributed by atoms with Crippen molar-refractivity contribution in [2.24, 2.45) is 5.73 Å². The third kappa shape index (κ3) is 6.49. The number of hydrogen-bond acceptors (Lipinski definition) is 5. The highest BCUT2D eigenvalue weighted by Crippen LogP contribution is 2.28. The maximum Gasteiger partial charge on any atom is 0.255 e. The van der Waals surface area contributed by atoms with Gasteiger partial charge in [0.05, 0.1) is 25.3 Å². The Hall–Kier alpha value is -2.68. The summed E-state index contributed by atoms with van der Waals surface area (Å²) in [5, 5.41) is 5.37. The molecule has 152 valence electrons. The molecule has 0 saturated carbocycles. The highest BCUT2D eigenvalue weighted by atomic mass is 35.5. The second-order valence-electron chi connectivity index (χ2n) is 5.73. The zero-order valence-electron chi connectivity index (χ0n) is 15.5. The van der Waals surface area contributed by atoms with Gasteiger partial charge in [-0.05, 0) is 36.4 Å². The molecule has 1 unspecified atom stereocenters. The first-order valence-corrected chi connectivity index (χ1v) is 8.24. The van der Waals surface area contributed by atoms with E-state index in [-0.39, 0.29) is 42.9 Å². The van der Waals surface area contributed by atoms with Crippen molar-refractivity contribution in [3.63, 3.8) is 0 Å². The van der Waals surface area contributed by atoms with Crippen LogP contribution in [0.25, 0.3) is 0 Å². The second kappa shape index (κ2) is 11.2. The normalized spacial score (nSPS) is 11.1. The Morgan fingerprint density at radius 1 is 1.14 bits per heavy atom. The van der Waals surface area contributed by atoms with Crippen molar-refractivity contribution >= 4 is 35.6 Å². The van der Waals surface area contributed by atoms with Gasteiger partial charge in [-0.25, -0.2) is 4.39 Å². The van der Waals surface area contributed by atoms with Gasteiger partial charge in [0.25, 0.3) is 5.91 Å². The summed E-state index contributed by atoms with van der Waals surface area (Å²) in [6.45, 7) is 0.224. The first-order valence-electron chi connectivity index (χ1n) is 8.24. The number of anilines is 2. The Balaban J connectivity index is 0.00000392. The fraction of sp³-hybridized carbons (Fsp3) is 0.263. The first-order chi connectivity index (χ1) is 13.0. The zero-order chi connectivity index (χ0) is 19.8. The van der Waals surface area contributed by atoms with Gasteiger partial charge in [-0.15, -0.1) is 12.4 Å². The quantitative estimate of drug-likeness (QED) is 0.619. The van der Waals surface area contributed by atoms with E-state index < -0.39 is 11.7 Å². The topological polar surface area (TPSA) is 103 Å². The van der Waals surface area contributed by atoms with Crippen LogP contribution < -0.4 is 21.1 Å². The number of amides is 2. The van der Waals surface area contributed by atoms with Crippen LogP contribution >= 0.6 is 12.4 Å². The summed E-state index contributed by atoms with van der Waals surface area (Å²) in [7, 11) is 2.94. The fourth-order valence-corrected chi connectivity index (χ4v) is 2.39. The van der Waals surface area contributed by atoms with E-state index >= 15 is 0 Å². The SMILES string of the molecule is COc1ccc(NC(=O)CC(CN)OC)cc1NC(=O)c1cccc(F)c1.Cl. The Morgan fingerprint density at radius 2 is 1.89 bits per heavy atom. The van der Waals surface area contributed by atoms with Gasteiger partial charge in [0.2, 0.25) is 5.91 Å². The minimum Gasteiger partial charge on any atom is -0.495 e. The number of hydrogen-bond donors (Lipinski definition) is 3. The number of nitrogens with two attached hydrogens (primary N) is 1. The highest BCUT2D eigenvalue weighted by Gasteiger charge is 2.14. The van der Waals surface area contributed by atoms with Crippen molar-refractivity contribution in [2.45, 2.75) is 12.5 Å². The van der Waals surface area contributed by atoms with Gasteiger partial charge in [-0.3, -0.25) is 9.59 Å². The van der Waals surface area contributed by atoms with E-state index in [2.05, 4.69) is 10.6 Å². The van der Waals surface area contributed by atoms with Crippen LogP contribution in [-0.2, 0) is 9.53 Å². The fourth-order valence-electron chi connectivity index (χ4n) is 2.39. The molecule has 0 heterocycles. The summed E-state index contributed by atoms with van der Waals surface area (Å²) in [5.74, 6) is -0.892. The molecule has 0 spiro atoms. The molecule has 4 N–H and O–H groups in total. The van der Waals surface area contributed by atoms with Crippen molar-refractivity contribution in [1.29, 1.82) is 0 Å². The Morgan fingerprint density at radius 3 is 2.50 bits per heavy atom. The third-order valence-electron chi connectivity index (χ3n) is 3.83. The number of benzene rings is 2. The molecule has 2 amide bonds. The van der Waals surface area contributed by atoms with E-state index in [4.69, 9.17) is 15.2 Å². The van der Waals surface area contributed by atoms with E-state index in [1.165, 1.54) is 32.4 Å². The molecule has 2 rings (SSSR count). The standard InChI is InChI=1S/C19H22FN3O4.ClH/c1-26-15(11-21)10-18(24)22-14-6-7-17(27-2)16(9-14)23-19(25)12-4-3-5-13(20)8-12;/h3-9,15H,10-11,21H2,1-2H3,(H,22,24)(H,23,25);1H. The average molecular weight is 412 g/mol. The van der Waals surface area contributed by atoms with Crippen LogP contribution in [0, 0.1) is 5.82 Å². The van der Waals surface area contributed by atoms with Crippen molar-refractivity contribution < 1.29 is 23.5 Å². The smallest absolute Gasteiger partial charge is 0.255 e. The van der Waals surface area contributed by atoms with Crippen LogP contribution in [0.5, 0.6) is 5.75 Å². The Bertz CT molecular complexity index is 816. The van der Waals surface area contributed by atoms with Crippen LogP contribution in [-0.4, -0.2) is 38.7 Å². The molecule has 2 aromatic carbocycles. The van der Waals surface area contributed by atoms with Crippen molar-refractivity contribution in [3.05, 3.63) is 53.8 Å². The minimum atomic E-state index is -0.511. The van der Waals surface area contributed by atoms with Crippen molar-refractivity contribution in [2.75, 3.05) is 31.4 Å². The van der Waals surface area contributed by atoms with Gasteiger partial charge >= 0.3 is 0 Å². The predicted octanol–water partition coefficient (Wildman–Crippen LogP) is 2.81. The molecule has 2 aromatic rings. The van der Waals surface area contributed by atoms with Crippen LogP contribution in [0.2, 0.25) is 0 Å². The summed E-state index contributed by atoms with van der Waals surface area (Å²) >= 11 is 0. The van der Waals surface area contributed by atoms with Crippen molar-refractivity contribution in [3.8, 4) is 5.75 Å². The van der Waals surface area contributed by atoms with Crippen LogP contribution in [0.4, 0.5) is 15.8 Å². The summed E-state index contributed by atoms with van der Waals surface area (Å²) in [6, 6.07) is 10.1. The van der Waals surface area contributed by atoms with Gasteiger partial charge < -0.3 is 25.8 Å². The Labute approximate surface area is 168 Å². The zero-order valence-corrected chi connectivity index (χ0v) is 16.3. The molecule has 0 bridgehead atoms. The van der Waals surface area contributed by atoms with Gasteiger partial charge in [0.15, 0.2) is 0 Å². The van der Waals surface area contributed by atoms with Crippen LogP contribution in [0.3, 0.4) is 0 Å². The number of carbonyl (C=O) groups is 2. The molecule has 7 nitrogen and oxygen atoms in total. The summed E-state index contributed by atoms with van der Waals surface area (Å²) in [5.41, 5.74) is 6.48. The lowest BCUT2D eigenvalue weighted by molar-refractivity contribution is -0.118. The highest BCUT2D eigenvalue weighted by molar-refractivity contribution is 6.05. The van der Waals surface area contributed by atoms with Crippen LogP contribution in [0.15, 0.2) is 42.5 Å². The second-order valence-corrected chi connectivity index (χ2v) is 5.73. The molecule has 0 saturated heterocycles. The molecular weight excluding hydrogens is 389 g/mol. The van der Waals surface area contributed by atoms with Gasteiger partial charge in [0.1, 0.15) is 11.6 Å². The number of methoxy groups -OCH3 is 2. The van der Waals surface area contributed by atoms with Gasteiger partial charge in [0, 0.05) is 24.9 Å². The summed E-state index contributed by atoms with van der Waals surface area (Å²) in [6.07, 6.45) is -0.278. The maximum absolute atomic E-state index is 13.3. The van der Waals surface area contributed by atoms with Crippen molar-refractivity contribution in [1.82, 2.24) is 0 Å². The molecular formula is C19H23ClFN3O4. The monoisotopic (exact) mass is 411 g/mol. The van der Waals surface area contributed by atoms with E-state index in [0.29, 0.717) is 17.1 Å². The lowest BCUT2D eigenvalue weighted by Gasteiger charge is -2.15. The lowest BCUT2D eigenvalue weighted by atomic mass is 10.2. The summed E-state index contributed by atoms with van der Waals surface area (Å²) < 4.78 is 23.6. The van der Waals surface area contributed by atoms with E-state index in [9.17, 15) is 14.0 Å². The van der Waals surface area contributed by atoms with E-state index in [0.717, 1.165) is 6.07 Å². The third-order valence-corrected chi connectivity index (χ3v) is 3.83. The molecule has 0 aliphatic rings. The average Bonchev–Trinajstić information content (AvgIpc) is 2.66. The molecule has 0 radical (unpaired) electrons. The molecule has 0 aromatic heterocycles. The lowest BCUT2D eigenvalue weighted by Crippen LogP contribution is -2.28. The number of rotatable bonds is 8. The van der Waals surface area contributed by atoms with E-state index in [1.807, 2.05) is 0 Å². The minimum absolute atomic E-state index is 0. The molecule has 0 aliphatic heterocycles. The maximum atomic E-state index is 13.3. The molecule has 9 heteroatoms. The number of nitrogens with one attached hydrogen (secondary N) is 2. The predicted molar refractivity (Wildman–Crippen MR) is 108 cm³/mol. The number of carbonyl (C=O) groups excluding carboxylic acids is 2. The van der Waals surface area contributed by atoms with Crippen LogP contribution in [0.1, 0.15) is 16.8 Å².